The molecular formula is C16H13Cl2N3O3. The zero-order chi connectivity index (χ0) is 17.3. The predicted octanol–water partition coefficient (Wildman–Crippen LogP) is 3.13. The molecule has 1 aliphatic heterocycles. The summed E-state index contributed by atoms with van der Waals surface area (Å²) in [5, 5.41) is 15.8. The third kappa shape index (κ3) is 3.29. The molecule has 1 aromatic heterocycles. The van der Waals surface area contributed by atoms with Crippen LogP contribution < -0.4 is 10.6 Å². The normalized spacial score (nSPS) is 19.1. The predicted molar refractivity (Wildman–Crippen MR) is 90.6 cm³/mol. The molecule has 2 heterocycles. The van der Waals surface area contributed by atoms with Crippen molar-refractivity contribution in [3.05, 3.63) is 57.8 Å². The number of nitrogens with one attached hydrogen (secondary N) is 2. The van der Waals surface area contributed by atoms with Crippen molar-refractivity contribution in [2.45, 2.75) is 18.5 Å². The number of amides is 1. The average Bonchev–Trinajstić information content (AvgIpc) is 2.54. The maximum Gasteiger partial charge on any atom is 0.326 e. The highest BCUT2D eigenvalue weighted by atomic mass is 35.5. The van der Waals surface area contributed by atoms with Gasteiger partial charge in [-0.15, -0.1) is 0 Å². The summed E-state index contributed by atoms with van der Waals surface area (Å²) >= 11 is 12.3. The highest BCUT2D eigenvalue weighted by Gasteiger charge is 2.33. The smallest absolute Gasteiger partial charge is 0.326 e. The molecule has 24 heavy (non-hydrogen) atoms. The fourth-order valence-electron chi connectivity index (χ4n) is 2.70. The van der Waals surface area contributed by atoms with E-state index in [0.29, 0.717) is 26.9 Å². The summed E-state index contributed by atoms with van der Waals surface area (Å²) in [4.78, 5) is 27.7. The third-order valence-electron chi connectivity index (χ3n) is 3.79. The van der Waals surface area contributed by atoms with E-state index in [1.165, 1.54) is 12.4 Å². The minimum Gasteiger partial charge on any atom is -0.480 e. The Hall–Kier alpha value is -2.31. The van der Waals surface area contributed by atoms with Crippen LogP contribution in [-0.2, 0) is 4.79 Å². The van der Waals surface area contributed by atoms with E-state index >= 15 is 0 Å². The SMILES string of the molecule is O=C(N[C@@H]1C[C@@H](C(=O)O)Nc2cc(Cl)cc(Cl)c21)c1ccncc1. The van der Waals surface area contributed by atoms with Gasteiger partial charge in [0.2, 0.25) is 0 Å². The summed E-state index contributed by atoms with van der Waals surface area (Å²) < 4.78 is 0. The first-order valence-electron chi connectivity index (χ1n) is 7.15. The second kappa shape index (κ2) is 6.67. The highest BCUT2D eigenvalue weighted by molar-refractivity contribution is 6.35. The van der Waals surface area contributed by atoms with Gasteiger partial charge in [0.05, 0.1) is 6.04 Å². The van der Waals surface area contributed by atoms with Crippen LogP contribution in [0.5, 0.6) is 0 Å². The number of pyridine rings is 1. The minimum atomic E-state index is -1.01. The summed E-state index contributed by atoms with van der Waals surface area (Å²) in [7, 11) is 0. The molecule has 2 atom stereocenters. The molecule has 124 valence electrons. The molecule has 6 nitrogen and oxygen atoms in total. The summed E-state index contributed by atoms with van der Waals surface area (Å²) in [5.41, 5.74) is 1.56. The van der Waals surface area contributed by atoms with Crippen LogP contribution in [0.3, 0.4) is 0 Å². The standard InChI is InChI=1S/C16H13Cl2N3O3/c17-9-5-10(18)14-11(6-9)20-13(16(23)24)7-12(14)21-15(22)8-1-3-19-4-2-8/h1-6,12-13,20H,7H2,(H,21,22)(H,23,24)/t12-,13+/m1/s1. The number of hydrogen-bond donors (Lipinski definition) is 3. The Morgan fingerprint density at radius 3 is 2.62 bits per heavy atom. The molecule has 8 heteroatoms. The third-order valence-corrected chi connectivity index (χ3v) is 4.32. The lowest BCUT2D eigenvalue weighted by Crippen LogP contribution is -2.41. The van der Waals surface area contributed by atoms with Crippen LogP contribution in [0.2, 0.25) is 10.0 Å². The largest absolute Gasteiger partial charge is 0.480 e. The number of rotatable bonds is 3. The number of carboxylic acids is 1. The van der Waals surface area contributed by atoms with Crippen molar-refractivity contribution in [1.29, 1.82) is 0 Å². The number of fused-ring (bicyclic) bond motifs is 1. The molecule has 0 saturated heterocycles. The summed E-state index contributed by atoms with van der Waals surface area (Å²) in [6, 6.07) is 4.92. The van der Waals surface area contributed by atoms with E-state index in [4.69, 9.17) is 23.2 Å². The lowest BCUT2D eigenvalue weighted by atomic mass is 9.92. The Kier molecular flexibility index (Phi) is 4.59. The Morgan fingerprint density at radius 2 is 1.96 bits per heavy atom. The molecule has 0 aliphatic carbocycles. The van der Waals surface area contributed by atoms with Crippen molar-refractivity contribution in [2.24, 2.45) is 0 Å². The monoisotopic (exact) mass is 365 g/mol. The summed E-state index contributed by atoms with van der Waals surface area (Å²) in [5.74, 6) is -1.34. The number of anilines is 1. The van der Waals surface area contributed by atoms with E-state index in [-0.39, 0.29) is 12.3 Å². The quantitative estimate of drug-likeness (QED) is 0.776. The zero-order valence-corrected chi connectivity index (χ0v) is 13.8. The number of nitrogens with zero attached hydrogens (tertiary/aromatic N) is 1. The van der Waals surface area contributed by atoms with Crippen LogP contribution in [-0.4, -0.2) is 28.0 Å². The molecule has 0 unspecified atom stereocenters. The van der Waals surface area contributed by atoms with E-state index < -0.39 is 18.1 Å². The lowest BCUT2D eigenvalue weighted by Gasteiger charge is -2.32. The van der Waals surface area contributed by atoms with E-state index in [9.17, 15) is 14.7 Å². The fraction of sp³-hybridized carbons (Fsp3) is 0.188. The van der Waals surface area contributed by atoms with Crippen LogP contribution >= 0.6 is 23.2 Å². The van der Waals surface area contributed by atoms with Gasteiger partial charge >= 0.3 is 5.97 Å². The van der Waals surface area contributed by atoms with Gasteiger partial charge in [0.25, 0.3) is 5.91 Å². The molecule has 0 radical (unpaired) electrons. The van der Waals surface area contributed by atoms with Crippen LogP contribution in [0.15, 0.2) is 36.7 Å². The van der Waals surface area contributed by atoms with E-state index in [1.54, 1.807) is 24.3 Å². The fourth-order valence-corrected chi connectivity index (χ4v) is 3.32. The first-order chi connectivity index (χ1) is 11.5. The van der Waals surface area contributed by atoms with Gasteiger partial charge in [-0.25, -0.2) is 4.79 Å². The minimum absolute atomic E-state index is 0.167. The number of carboxylic acid groups (broad SMARTS) is 1. The number of aromatic nitrogens is 1. The van der Waals surface area contributed by atoms with Gasteiger partial charge in [0.1, 0.15) is 6.04 Å². The Bertz CT molecular complexity index is 799. The molecule has 0 fully saturated rings. The van der Waals surface area contributed by atoms with Crippen molar-refractivity contribution < 1.29 is 14.7 Å². The highest BCUT2D eigenvalue weighted by Crippen LogP contribution is 2.39. The second-order valence-electron chi connectivity index (χ2n) is 5.38. The van der Waals surface area contributed by atoms with Crippen molar-refractivity contribution >= 4 is 40.8 Å². The van der Waals surface area contributed by atoms with Crippen molar-refractivity contribution in [3.8, 4) is 0 Å². The molecule has 1 aliphatic rings. The van der Waals surface area contributed by atoms with Crippen LogP contribution in [0.4, 0.5) is 5.69 Å². The number of benzene rings is 1. The second-order valence-corrected chi connectivity index (χ2v) is 6.23. The number of carbonyl (C=O) groups excluding carboxylic acids is 1. The van der Waals surface area contributed by atoms with E-state index in [2.05, 4.69) is 15.6 Å². The molecule has 0 spiro atoms. The Balaban J connectivity index is 1.95. The molecule has 1 amide bonds. The van der Waals surface area contributed by atoms with Gasteiger partial charge in [-0.1, -0.05) is 23.2 Å². The number of aliphatic carboxylic acids is 1. The van der Waals surface area contributed by atoms with E-state index in [1.807, 2.05) is 0 Å². The van der Waals surface area contributed by atoms with Gasteiger partial charge in [-0.3, -0.25) is 9.78 Å². The van der Waals surface area contributed by atoms with E-state index in [0.717, 1.165) is 0 Å². The summed E-state index contributed by atoms with van der Waals surface area (Å²) in [6.07, 6.45) is 3.19. The molecule has 3 rings (SSSR count). The maximum absolute atomic E-state index is 12.4. The summed E-state index contributed by atoms with van der Waals surface area (Å²) in [6.45, 7) is 0. The topological polar surface area (TPSA) is 91.3 Å². The average molecular weight is 366 g/mol. The number of hydrogen-bond acceptors (Lipinski definition) is 4. The molecule has 3 N–H and O–H groups in total. The van der Waals surface area contributed by atoms with Gasteiger partial charge in [0.15, 0.2) is 0 Å². The van der Waals surface area contributed by atoms with Crippen LogP contribution in [0.25, 0.3) is 0 Å². The number of carbonyl (C=O) groups is 2. The van der Waals surface area contributed by atoms with Gasteiger partial charge in [-0.05, 0) is 24.3 Å². The number of halogens is 2. The Morgan fingerprint density at radius 1 is 1.25 bits per heavy atom. The van der Waals surface area contributed by atoms with Crippen LogP contribution in [0.1, 0.15) is 28.4 Å². The first-order valence-corrected chi connectivity index (χ1v) is 7.90. The zero-order valence-electron chi connectivity index (χ0n) is 12.3. The van der Waals surface area contributed by atoms with Crippen molar-refractivity contribution in [1.82, 2.24) is 10.3 Å². The molecular weight excluding hydrogens is 353 g/mol. The lowest BCUT2D eigenvalue weighted by molar-refractivity contribution is -0.138. The molecule has 2 aromatic rings. The van der Waals surface area contributed by atoms with Gasteiger partial charge in [0, 0.05) is 45.7 Å². The van der Waals surface area contributed by atoms with Crippen molar-refractivity contribution in [2.75, 3.05) is 5.32 Å². The maximum atomic E-state index is 12.4. The Labute approximate surface area is 147 Å². The molecule has 0 bridgehead atoms. The van der Waals surface area contributed by atoms with Crippen LogP contribution in [0, 0.1) is 0 Å². The van der Waals surface area contributed by atoms with Gasteiger partial charge in [-0.2, -0.15) is 0 Å². The van der Waals surface area contributed by atoms with Crippen molar-refractivity contribution in [3.63, 3.8) is 0 Å². The van der Waals surface area contributed by atoms with Gasteiger partial charge < -0.3 is 15.7 Å². The molecule has 0 saturated carbocycles. The first kappa shape index (κ1) is 16.5. The molecule has 1 aromatic carbocycles.